The molecule has 138 heavy (non-hydrogen) atoms. The summed E-state index contributed by atoms with van der Waals surface area (Å²) in [5.74, 6) is 3.22. The molecule has 22 rings (SSSR count). The van der Waals surface area contributed by atoms with E-state index in [1.54, 1.807) is 72.8 Å². The van der Waals surface area contributed by atoms with Crippen molar-refractivity contribution in [3.63, 3.8) is 0 Å². The molecule has 6 aromatic heterocycles. The summed E-state index contributed by atoms with van der Waals surface area (Å²) in [7, 11) is 0. The first kappa shape index (κ1) is 87.4. The largest absolute Gasteiger partial charge is 0.228 e. The highest BCUT2D eigenvalue weighted by Gasteiger charge is 2.22. The minimum atomic E-state index is -0.359. The van der Waals surface area contributed by atoms with Crippen molar-refractivity contribution in [3.05, 3.63) is 478 Å². The molecule has 0 atom stereocenters. The van der Waals surface area contributed by atoms with Crippen LogP contribution in [-0.4, -0.2) is 74.8 Å². The standard InChI is InChI=1S/C43H27F2N5.2C37H23F2N5/c44-36-23-19-34(20-24-36)42-48-41(49-43(50-42)35-21-25-37(45)26-22-35)33-17-13-29(14-18-33)28-11-15-32(16-12-28)40-46-38(30-7-3-1-4-8-30)27-39(47-40)31-9-5-2-6-10-31;38-30-18-14-26(15-19-30)34-42-35(27-16-20-31(39)21-17-27)44-37(43-34)29-13-7-12-28(22-29)36-40-32(24-8-3-1-4-9-24)23-33(41-36)25-10-5-2-6-11-25;38-30-19-15-28(16-20-30)36-42-35(43-37(44-36)29-17-21-31(39)22-18-29)27-13-11-26(12-14-27)34-40-32(24-7-3-1-4-8-24)23-33(41-34)25-9-5-2-6-10-25/h1-27H;2*1-23H. The van der Waals surface area contributed by atoms with Crippen LogP contribution in [0.2, 0.25) is 0 Å². The Kier molecular flexibility index (Phi) is 25.5. The average molecular weight is 1800 g/mol. The number of aromatic nitrogens is 15. The molecule has 0 saturated heterocycles. The number of halogens is 6. The van der Waals surface area contributed by atoms with E-state index in [0.29, 0.717) is 109 Å². The zero-order chi connectivity index (χ0) is 93.6. The molecule has 0 spiro atoms. The van der Waals surface area contributed by atoms with E-state index < -0.39 is 0 Å². The Bertz CT molecular complexity index is 7660. The summed E-state index contributed by atoms with van der Waals surface area (Å²) >= 11 is 0. The van der Waals surface area contributed by atoms with E-state index >= 15 is 0 Å². The molecule has 22 aromatic rings. The molecule has 6 heterocycles. The van der Waals surface area contributed by atoms with E-state index in [1.807, 2.05) is 261 Å². The fourth-order valence-electron chi connectivity index (χ4n) is 15.3. The van der Waals surface area contributed by atoms with Gasteiger partial charge in [0.15, 0.2) is 69.9 Å². The Morgan fingerprint density at radius 3 is 0.384 bits per heavy atom. The van der Waals surface area contributed by atoms with E-state index in [0.717, 1.165) is 106 Å². The lowest BCUT2D eigenvalue weighted by Gasteiger charge is -2.11. The third-order valence-corrected chi connectivity index (χ3v) is 22.5. The molecule has 0 bridgehead atoms. The second-order valence-electron chi connectivity index (χ2n) is 31.9. The molecule has 0 fully saturated rings. The first-order chi connectivity index (χ1) is 67.7. The van der Waals surface area contributed by atoms with Crippen molar-refractivity contribution in [1.29, 1.82) is 0 Å². The van der Waals surface area contributed by atoms with Crippen LogP contribution in [0.5, 0.6) is 0 Å². The monoisotopic (exact) mass is 1800 g/mol. The Morgan fingerprint density at radius 2 is 0.217 bits per heavy atom. The molecule has 21 heteroatoms. The highest BCUT2D eigenvalue weighted by molar-refractivity contribution is 5.80. The number of benzene rings is 16. The summed E-state index contributed by atoms with van der Waals surface area (Å²) in [6, 6.07) is 134. The first-order valence-electron chi connectivity index (χ1n) is 44.0. The third kappa shape index (κ3) is 20.7. The van der Waals surface area contributed by atoms with Gasteiger partial charge in [-0.15, -0.1) is 0 Å². The molecule has 0 saturated carbocycles. The zero-order valence-corrected chi connectivity index (χ0v) is 73.1. The van der Waals surface area contributed by atoms with Crippen molar-refractivity contribution in [2.45, 2.75) is 0 Å². The Labute approximate surface area is 789 Å². The Morgan fingerprint density at radius 1 is 0.0942 bits per heavy atom. The van der Waals surface area contributed by atoms with Crippen molar-refractivity contribution in [3.8, 4) is 215 Å². The zero-order valence-electron chi connectivity index (χ0n) is 73.1. The topological polar surface area (TPSA) is 193 Å². The first-order valence-corrected chi connectivity index (χ1v) is 44.0. The molecule has 15 nitrogen and oxygen atoms in total. The normalized spacial score (nSPS) is 11.0. The van der Waals surface area contributed by atoms with Crippen LogP contribution in [0.3, 0.4) is 0 Å². The molecule has 16 aromatic carbocycles. The molecule has 0 aliphatic heterocycles. The molecule has 0 radical (unpaired) electrons. The van der Waals surface area contributed by atoms with Gasteiger partial charge in [0, 0.05) is 100 Å². The van der Waals surface area contributed by atoms with Crippen LogP contribution in [0.1, 0.15) is 0 Å². The van der Waals surface area contributed by atoms with Gasteiger partial charge in [-0.1, -0.05) is 273 Å². The maximum atomic E-state index is 13.7. The Balaban J connectivity index is 0.000000128. The number of nitrogens with zero attached hydrogens (tertiary/aromatic N) is 15. The molecule has 0 amide bonds. The van der Waals surface area contributed by atoms with E-state index in [1.165, 1.54) is 72.8 Å². The van der Waals surface area contributed by atoms with Crippen molar-refractivity contribution in [2.75, 3.05) is 0 Å². The minimum absolute atomic E-state index is 0.351. The average Bonchev–Trinajstić information content (AvgIpc) is 0.799. The lowest BCUT2D eigenvalue weighted by Crippen LogP contribution is -2.01. The molecule has 658 valence electrons. The summed E-state index contributed by atoms with van der Waals surface area (Å²) < 4.78 is 82.1. The number of hydrogen-bond donors (Lipinski definition) is 0. The van der Waals surface area contributed by atoms with Gasteiger partial charge in [-0.05, 0) is 181 Å². The molecule has 0 unspecified atom stereocenters. The molecule has 0 N–H and O–H groups in total. The summed E-state index contributed by atoms with van der Waals surface area (Å²) in [5, 5.41) is 0. The van der Waals surface area contributed by atoms with Crippen molar-refractivity contribution >= 4 is 0 Å². The second kappa shape index (κ2) is 40.2. The van der Waals surface area contributed by atoms with Gasteiger partial charge in [-0.3, -0.25) is 0 Å². The highest BCUT2D eigenvalue weighted by Crippen LogP contribution is 2.38. The molecule has 0 aliphatic carbocycles. The van der Waals surface area contributed by atoms with Crippen molar-refractivity contribution in [2.24, 2.45) is 0 Å². The maximum Gasteiger partial charge on any atom is 0.164 e. The fourth-order valence-corrected chi connectivity index (χ4v) is 15.3. The van der Waals surface area contributed by atoms with E-state index in [-0.39, 0.29) is 34.9 Å². The third-order valence-electron chi connectivity index (χ3n) is 22.5. The molecular weight excluding hydrogens is 1730 g/mol. The van der Waals surface area contributed by atoms with E-state index in [4.69, 9.17) is 59.8 Å². The van der Waals surface area contributed by atoms with Crippen molar-refractivity contribution in [1.82, 2.24) is 74.8 Å². The van der Waals surface area contributed by atoms with Crippen LogP contribution in [0.4, 0.5) is 26.3 Å². The highest BCUT2D eigenvalue weighted by atomic mass is 19.1. The number of rotatable bonds is 19. The predicted octanol–water partition coefficient (Wildman–Crippen LogP) is 28.5. The summed E-state index contributed by atoms with van der Waals surface area (Å²) in [5.41, 5.74) is 21.6. The fraction of sp³-hybridized carbons (Fsp3) is 0. The lowest BCUT2D eigenvalue weighted by atomic mass is 10.0. The summed E-state index contributed by atoms with van der Waals surface area (Å²) in [6.07, 6.45) is 0. The van der Waals surface area contributed by atoms with Crippen LogP contribution in [0.15, 0.2) is 443 Å². The second-order valence-corrected chi connectivity index (χ2v) is 31.9. The van der Waals surface area contributed by atoms with Gasteiger partial charge >= 0.3 is 0 Å². The lowest BCUT2D eigenvalue weighted by molar-refractivity contribution is 0.627. The van der Waals surface area contributed by atoms with Gasteiger partial charge in [-0.2, -0.15) is 0 Å². The van der Waals surface area contributed by atoms with Gasteiger partial charge in [0.2, 0.25) is 0 Å². The van der Waals surface area contributed by atoms with Crippen molar-refractivity contribution < 1.29 is 26.3 Å². The maximum absolute atomic E-state index is 13.7. The van der Waals surface area contributed by atoms with Crippen LogP contribution in [0.25, 0.3) is 215 Å². The smallest absolute Gasteiger partial charge is 0.164 e. The van der Waals surface area contributed by atoms with E-state index in [9.17, 15) is 26.3 Å². The van der Waals surface area contributed by atoms with Crippen LogP contribution in [-0.2, 0) is 0 Å². The minimum Gasteiger partial charge on any atom is -0.228 e. The number of hydrogen-bond acceptors (Lipinski definition) is 15. The quantitative estimate of drug-likeness (QED) is 0.0694. The Hall–Kier alpha value is -18.6. The van der Waals surface area contributed by atoms with Gasteiger partial charge in [-0.25, -0.2) is 101 Å². The van der Waals surface area contributed by atoms with Gasteiger partial charge in [0.1, 0.15) is 34.9 Å². The van der Waals surface area contributed by atoms with Crippen LogP contribution in [0, 0.1) is 34.9 Å². The van der Waals surface area contributed by atoms with E-state index in [2.05, 4.69) is 51.4 Å². The SMILES string of the molecule is Fc1ccc(-c2nc(-c3ccc(F)cc3)nc(-c3ccc(-c4ccc(-c5nc(-c6ccccc6)cc(-c6ccccc6)n5)cc4)cc3)n2)cc1.Fc1ccc(-c2nc(-c3ccc(F)cc3)nc(-c3ccc(-c4nc(-c5ccccc5)cc(-c5ccccc5)n4)cc3)n2)cc1.Fc1ccc(-c2nc(-c3ccc(F)cc3)nc(-c3cccc(-c4nc(-c5ccccc5)cc(-c5ccccc5)n4)c3)n2)cc1. The molecular formula is C117H73F6N15. The van der Waals surface area contributed by atoms with Crippen LogP contribution >= 0.6 is 0 Å². The predicted molar refractivity (Wildman–Crippen MR) is 529 cm³/mol. The van der Waals surface area contributed by atoms with Gasteiger partial charge < -0.3 is 0 Å². The van der Waals surface area contributed by atoms with Gasteiger partial charge in [0.05, 0.1) is 34.2 Å². The van der Waals surface area contributed by atoms with Crippen LogP contribution < -0.4 is 0 Å². The van der Waals surface area contributed by atoms with Gasteiger partial charge in [0.25, 0.3) is 0 Å². The molecule has 0 aliphatic rings. The summed E-state index contributed by atoms with van der Waals surface area (Å²) in [4.78, 5) is 71.8. The summed E-state index contributed by atoms with van der Waals surface area (Å²) in [6.45, 7) is 0.